The van der Waals surface area contributed by atoms with E-state index in [-0.39, 0.29) is 5.91 Å². The van der Waals surface area contributed by atoms with Crippen LogP contribution in [0.3, 0.4) is 0 Å². The van der Waals surface area contributed by atoms with E-state index in [0.29, 0.717) is 19.7 Å². The van der Waals surface area contributed by atoms with Crippen molar-refractivity contribution in [3.05, 3.63) is 34.9 Å². The summed E-state index contributed by atoms with van der Waals surface area (Å²) in [5.74, 6) is 0.0766. The highest BCUT2D eigenvalue weighted by molar-refractivity contribution is 9.09. The number of benzene rings is 1. The van der Waals surface area contributed by atoms with Crippen LogP contribution in [-0.4, -0.2) is 42.9 Å². The number of hydrogen-bond donors (Lipinski definition) is 0. The van der Waals surface area contributed by atoms with E-state index in [4.69, 9.17) is 4.74 Å². The molecule has 0 aliphatic carbocycles. The number of rotatable bonds is 6. The summed E-state index contributed by atoms with van der Waals surface area (Å²) in [5.41, 5.74) is 2.91. The lowest BCUT2D eigenvalue weighted by atomic mass is 10.0. The van der Waals surface area contributed by atoms with Crippen molar-refractivity contribution < 1.29 is 9.53 Å². The zero-order chi connectivity index (χ0) is 13.5. The van der Waals surface area contributed by atoms with Crippen molar-refractivity contribution in [2.45, 2.75) is 13.8 Å². The molecule has 1 aromatic carbocycles. The van der Waals surface area contributed by atoms with Gasteiger partial charge in [0.05, 0.1) is 6.61 Å². The first-order chi connectivity index (χ1) is 8.60. The molecule has 1 aromatic rings. The summed E-state index contributed by atoms with van der Waals surface area (Å²) >= 11 is 3.38. The monoisotopic (exact) mass is 313 g/mol. The Bertz CT molecular complexity index is 407. The Kier molecular flexibility index (Phi) is 6.36. The third kappa shape index (κ3) is 4.10. The SMILES string of the molecule is COCCN(CCBr)C(=O)c1cc(C)ccc1C. The highest BCUT2D eigenvalue weighted by Gasteiger charge is 2.16. The van der Waals surface area contributed by atoms with Gasteiger partial charge in [-0.2, -0.15) is 0 Å². The number of hydrogen-bond acceptors (Lipinski definition) is 2. The van der Waals surface area contributed by atoms with Gasteiger partial charge >= 0.3 is 0 Å². The minimum absolute atomic E-state index is 0.0766. The molecular formula is C14H20BrNO2. The van der Waals surface area contributed by atoms with Crippen LogP contribution in [0.25, 0.3) is 0 Å². The van der Waals surface area contributed by atoms with Crippen molar-refractivity contribution in [1.82, 2.24) is 4.90 Å². The van der Waals surface area contributed by atoms with E-state index in [2.05, 4.69) is 15.9 Å². The van der Waals surface area contributed by atoms with Crippen molar-refractivity contribution in [3.63, 3.8) is 0 Å². The van der Waals surface area contributed by atoms with E-state index in [9.17, 15) is 4.79 Å². The number of amides is 1. The topological polar surface area (TPSA) is 29.5 Å². The number of aryl methyl sites for hydroxylation is 2. The van der Waals surface area contributed by atoms with E-state index < -0.39 is 0 Å². The van der Waals surface area contributed by atoms with Gasteiger partial charge < -0.3 is 9.64 Å². The van der Waals surface area contributed by atoms with E-state index >= 15 is 0 Å². The summed E-state index contributed by atoms with van der Waals surface area (Å²) in [7, 11) is 1.65. The molecule has 0 N–H and O–H groups in total. The Balaban J connectivity index is 2.90. The van der Waals surface area contributed by atoms with E-state index in [1.807, 2.05) is 36.9 Å². The summed E-state index contributed by atoms with van der Waals surface area (Å²) < 4.78 is 5.05. The van der Waals surface area contributed by atoms with Crippen LogP contribution in [0.4, 0.5) is 0 Å². The average molecular weight is 314 g/mol. The Labute approximate surface area is 117 Å². The second-order valence-corrected chi connectivity index (χ2v) is 5.09. The molecule has 4 heteroatoms. The maximum atomic E-state index is 12.5. The van der Waals surface area contributed by atoms with Crippen molar-refractivity contribution in [2.75, 3.05) is 32.1 Å². The fourth-order valence-electron chi connectivity index (χ4n) is 1.75. The molecule has 0 atom stereocenters. The molecule has 0 heterocycles. The first-order valence-electron chi connectivity index (χ1n) is 6.01. The van der Waals surface area contributed by atoms with E-state index in [0.717, 1.165) is 22.0 Å². The Morgan fingerprint density at radius 3 is 2.67 bits per heavy atom. The molecule has 18 heavy (non-hydrogen) atoms. The molecule has 0 aliphatic heterocycles. The number of halogens is 1. The fourth-order valence-corrected chi connectivity index (χ4v) is 2.18. The number of alkyl halides is 1. The van der Waals surface area contributed by atoms with Crippen molar-refractivity contribution in [1.29, 1.82) is 0 Å². The predicted octanol–water partition coefficient (Wildman–Crippen LogP) is 2.79. The smallest absolute Gasteiger partial charge is 0.254 e. The predicted molar refractivity (Wildman–Crippen MR) is 77.5 cm³/mol. The number of carbonyl (C=O) groups is 1. The van der Waals surface area contributed by atoms with Crippen molar-refractivity contribution >= 4 is 21.8 Å². The lowest BCUT2D eigenvalue weighted by Crippen LogP contribution is -2.35. The Morgan fingerprint density at radius 2 is 2.06 bits per heavy atom. The number of nitrogens with zero attached hydrogens (tertiary/aromatic N) is 1. The molecule has 0 radical (unpaired) electrons. The van der Waals surface area contributed by atoms with Gasteiger partial charge in [-0.25, -0.2) is 0 Å². The highest BCUT2D eigenvalue weighted by atomic mass is 79.9. The zero-order valence-corrected chi connectivity index (χ0v) is 12.8. The van der Waals surface area contributed by atoms with Gasteiger partial charge in [-0.15, -0.1) is 0 Å². The third-order valence-electron chi connectivity index (χ3n) is 2.83. The van der Waals surface area contributed by atoms with Gasteiger partial charge in [-0.1, -0.05) is 33.6 Å². The molecule has 0 aliphatic rings. The normalized spacial score (nSPS) is 10.4. The Hall–Kier alpha value is -0.870. The molecule has 3 nitrogen and oxygen atoms in total. The molecule has 0 fully saturated rings. The van der Waals surface area contributed by atoms with E-state index in [1.165, 1.54) is 0 Å². The lowest BCUT2D eigenvalue weighted by Gasteiger charge is -2.22. The van der Waals surface area contributed by atoms with Crippen molar-refractivity contribution in [2.24, 2.45) is 0 Å². The number of ether oxygens (including phenoxy) is 1. The van der Waals surface area contributed by atoms with Crippen LogP contribution in [0.5, 0.6) is 0 Å². The summed E-state index contributed by atoms with van der Waals surface area (Å²) in [6.45, 7) is 5.84. The summed E-state index contributed by atoms with van der Waals surface area (Å²) in [6, 6.07) is 5.97. The minimum Gasteiger partial charge on any atom is -0.383 e. The summed E-state index contributed by atoms with van der Waals surface area (Å²) in [4.78, 5) is 14.3. The maximum absolute atomic E-state index is 12.5. The third-order valence-corrected chi connectivity index (χ3v) is 3.19. The van der Waals surface area contributed by atoms with Gasteiger partial charge in [0.2, 0.25) is 0 Å². The minimum atomic E-state index is 0.0766. The first-order valence-corrected chi connectivity index (χ1v) is 7.13. The second-order valence-electron chi connectivity index (χ2n) is 4.29. The molecule has 100 valence electrons. The Morgan fingerprint density at radius 1 is 1.33 bits per heavy atom. The van der Waals surface area contributed by atoms with Crippen molar-refractivity contribution in [3.8, 4) is 0 Å². The van der Waals surface area contributed by atoms with Crippen LogP contribution in [0.15, 0.2) is 18.2 Å². The number of carbonyl (C=O) groups excluding carboxylic acids is 1. The van der Waals surface area contributed by atoms with Gasteiger partial charge in [0, 0.05) is 31.1 Å². The highest BCUT2D eigenvalue weighted by Crippen LogP contribution is 2.13. The van der Waals surface area contributed by atoms with Crippen LogP contribution >= 0.6 is 15.9 Å². The van der Waals surface area contributed by atoms with Gasteiger partial charge in [-0.3, -0.25) is 4.79 Å². The molecule has 0 saturated heterocycles. The van der Waals surface area contributed by atoms with Crippen LogP contribution in [-0.2, 0) is 4.74 Å². The fraction of sp³-hybridized carbons (Fsp3) is 0.500. The second kappa shape index (κ2) is 7.54. The van der Waals surface area contributed by atoms with Gasteiger partial charge in [0.25, 0.3) is 5.91 Å². The lowest BCUT2D eigenvalue weighted by molar-refractivity contribution is 0.0708. The van der Waals surface area contributed by atoms with Crippen LogP contribution in [0.1, 0.15) is 21.5 Å². The molecule has 0 unspecified atom stereocenters. The standard InChI is InChI=1S/C14H20BrNO2/c1-11-4-5-12(2)13(10-11)14(17)16(7-6-15)8-9-18-3/h4-5,10H,6-9H2,1-3H3. The van der Waals surface area contributed by atoms with Gasteiger partial charge in [0.15, 0.2) is 0 Å². The van der Waals surface area contributed by atoms with Gasteiger partial charge in [-0.05, 0) is 25.5 Å². The maximum Gasteiger partial charge on any atom is 0.254 e. The molecule has 0 aromatic heterocycles. The summed E-state index contributed by atoms with van der Waals surface area (Å²) in [5, 5.41) is 0.771. The van der Waals surface area contributed by atoms with Crippen LogP contribution in [0, 0.1) is 13.8 Å². The number of methoxy groups -OCH3 is 1. The van der Waals surface area contributed by atoms with Crippen LogP contribution in [0.2, 0.25) is 0 Å². The molecule has 0 spiro atoms. The zero-order valence-electron chi connectivity index (χ0n) is 11.2. The quantitative estimate of drug-likeness (QED) is 0.756. The molecule has 0 saturated carbocycles. The average Bonchev–Trinajstić information content (AvgIpc) is 2.36. The molecule has 1 amide bonds. The van der Waals surface area contributed by atoms with E-state index in [1.54, 1.807) is 7.11 Å². The summed E-state index contributed by atoms with van der Waals surface area (Å²) in [6.07, 6.45) is 0. The molecule has 1 rings (SSSR count). The van der Waals surface area contributed by atoms with Gasteiger partial charge in [0.1, 0.15) is 0 Å². The molecular weight excluding hydrogens is 294 g/mol. The van der Waals surface area contributed by atoms with Crippen LogP contribution < -0.4 is 0 Å². The largest absolute Gasteiger partial charge is 0.383 e. The first kappa shape index (κ1) is 15.2. The molecule has 0 bridgehead atoms.